The third-order valence-electron chi connectivity index (χ3n) is 0.632. The first-order valence-electron chi connectivity index (χ1n) is 1.92. The van der Waals surface area contributed by atoms with Gasteiger partial charge < -0.3 is 4.90 Å². The fourth-order valence-electron chi connectivity index (χ4n) is 0. The van der Waals surface area contributed by atoms with Gasteiger partial charge in [0.1, 0.15) is 0 Å². The highest BCUT2D eigenvalue weighted by Crippen LogP contribution is 1.63. The first-order valence-corrected chi connectivity index (χ1v) is 1.92. The minimum Gasteiger partial charge on any atom is -0.310 e. The summed E-state index contributed by atoms with van der Waals surface area (Å²) in [7, 11) is 4.11. The fourth-order valence-corrected chi connectivity index (χ4v) is 0. The van der Waals surface area contributed by atoms with E-state index in [2.05, 4.69) is 25.9 Å². The average molecular weight is 107 g/mol. The van der Waals surface area contributed by atoms with Crippen LogP contribution < -0.4 is 0 Å². The van der Waals surface area contributed by atoms with Gasteiger partial charge in [-0.05, 0) is 20.6 Å². The average Bonchev–Trinajstić information content (AvgIpc) is 1.38. The summed E-state index contributed by atoms with van der Waals surface area (Å²) in [6.45, 7) is 3.26. The van der Waals surface area contributed by atoms with Crippen LogP contribution in [0.5, 0.6) is 0 Å². The molecule has 2 heteroatoms. The van der Waals surface area contributed by atoms with Crippen molar-refractivity contribution in [2.75, 3.05) is 20.6 Å². The van der Waals surface area contributed by atoms with Crippen molar-refractivity contribution in [1.29, 1.82) is 0 Å². The van der Waals surface area contributed by atoms with Crippen LogP contribution in [0.25, 0.3) is 0 Å². The summed E-state index contributed by atoms with van der Waals surface area (Å²) in [6, 6.07) is 0. The maximum absolute atomic E-state index is 2.12. The zero-order chi connectivity index (χ0) is 4.28. The number of hydrogen-bond donors (Lipinski definition) is 0. The lowest BCUT2D eigenvalue weighted by atomic mass is 10.7. The van der Waals surface area contributed by atoms with Gasteiger partial charge in [0.15, 0.2) is 0 Å². The quantitative estimate of drug-likeness (QED) is 0.476. The summed E-state index contributed by atoms with van der Waals surface area (Å²) in [4.78, 5) is 2.12. The van der Waals surface area contributed by atoms with Gasteiger partial charge in [-0.3, -0.25) is 0 Å². The standard InChI is InChI=1S/C4H11N.H2S/c1-4-5(2)3;/h4H2,1-3H3;1H2. The summed E-state index contributed by atoms with van der Waals surface area (Å²) >= 11 is 0. The van der Waals surface area contributed by atoms with Crippen molar-refractivity contribution >= 4 is 13.5 Å². The third kappa shape index (κ3) is 8.85. The molecule has 0 spiro atoms. The topological polar surface area (TPSA) is 3.24 Å². The molecule has 0 aromatic rings. The van der Waals surface area contributed by atoms with Crippen LogP contribution in [0, 0.1) is 0 Å². The van der Waals surface area contributed by atoms with E-state index in [0.29, 0.717) is 0 Å². The predicted octanol–water partition coefficient (Wildman–Crippen LogP) is 0.681. The van der Waals surface area contributed by atoms with Crippen LogP contribution in [-0.4, -0.2) is 25.5 Å². The van der Waals surface area contributed by atoms with E-state index < -0.39 is 0 Å². The maximum Gasteiger partial charge on any atom is -0.00533 e. The van der Waals surface area contributed by atoms with Gasteiger partial charge in [0.25, 0.3) is 0 Å². The Balaban J connectivity index is 0. The van der Waals surface area contributed by atoms with Crippen molar-refractivity contribution in [3.8, 4) is 0 Å². The summed E-state index contributed by atoms with van der Waals surface area (Å²) in [5.41, 5.74) is 0. The first-order chi connectivity index (χ1) is 2.27. The molecule has 0 atom stereocenters. The molecule has 40 valence electrons. The highest BCUT2D eigenvalue weighted by molar-refractivity contribution is 7.59. The minimum atomic E-state index is 0. The van der Waals surface area contributed by atoms with Gasteiger partial charge in [0.2, 0.25) is 0 Å². The Kier molecular flexibility index (Phi) is 8.48. The molecule has 0 fully saturated rings. The maximum atomic E-state index is 2.12. The SMILES string of the molecule is CCN(C)C.S. The lowest BCUT2D eigenvalue weighted by Gasteiger charge is -2.00. The number of hydrogen-bond acceptors (Lipinski definition) is 1. The highest BCUT2D eigenvalue weighted by atomic mass is 32.1. The smallest absolute Gasteiger partial charge is 0.00533 e. The fraction of sp³-hybridized carbons (Fsp3) is 1.00. The van der Waals surface area contributed by atoms with Crippen molar-refractivity contribution in [3.63, 3.8) is 0 Å². The van der Waals surface area contributed by atoms with Crippen molar-refractivity contribution in [3.05, 3.63) is 0 Å². The predicted molar refractivity (Wildman–Crippen MR) is 34.6 cm³/mol. The molecule has 0 saturated carbocycles. The normalized spacial score (nSPS) is 8.00. The number of rotatable bonds is 1. The van der Waals surface area contributed by atoms with Crippen LogP contribution in [0.1, 0.15) is 6.92 Å². The molecule has 0 amide bonds. The zero-order valence-electron chi connectivity index (χ0n) is 4.65. The molecule has 0 N–H and O–H groups in total. The molecule has 0 aromatic carbocycles. The van der Waals surface area contributed by atoms with Gasteiger partial charge in [-0.25, -0.2) is 0 Å². The summed E-state index contributed by atoms with van der Waals surface area (Å²) < 4.78 is 0. The van der Waals surface area contributed by atoms with Crippen molar-refractivity contribution in [2.45, 2.75) is 6.92 Å². The molecule has 0 aromatic heterocycles. The molecule has 0 heterocycles. The molecule has 0 unspecified atom stereocenters. The Morgan fingerprint density at radius 1 is 1.33 bits per heavy atom. The van der Waals surface area contributed by atoms with E-state index in [4.69, 9.17) is 0 Å². The van der Waals surface area contributed by atoms with E-state index in [1.165, 1.54) is 0 Å². The lowest BCUT2D eigenvalue weighted by molar-refractivity contribution is 0.434. The van der Waals surface area contributed by atoms with E-state index in [1.807, 2.05) is 0 Å². The Labute approximate surface area is 46.8 Å². The van der Waals surface area contributed by atoms with Gasteiger partial charge in [-0.2, -0.15) is 13.5 Å². The summed E-state index contributed by atoms with van der Waals surface area (Å²) in [6.07, 6.45) is 0. The molecule has 0 bridgehead atoms. The van der Waals surface area contributed by atoms with E-state index in [-0.39, 0.29) is 13.5 Å². The van der Waals surface area contributed by atoms with Crippen LogP contribution in [-0.2, 0) is 0 Å². The summed E-state index contributed by atoms with van der Waals surface area (Å²) in [5.74, 6) is 0. The molecule has 0 aliphatic carbocycles. The van der Waals surface area contributed by atoms with Crippen LogP contribution in [0.15, 0.2) is 0 Å². The molecule has 0 aliphatic rings. The Morgan fingerprint density at radius 3 is 1.50 bits per heavy atom. The van der Waals surface area contributed by atoms with E-state index >= 15 is 0 Å². The second-order valence-electron chi connectivity index (χ2n) is 1.40. The molecule has 1 nitrogen and oxygen atoms in total. The van der Waals surface area contributed by atoms with Crippen LogP contribution in [0.2, 0.25) is 0 Å². The highest BCUT2D eigenvalue weighted by Gasteiger charge is 1.72. The van der Waals surface area contributed by atoms with E-state index in [1.54, 1.807) is 0 Å². The van der Waals surface area contributed by atoms with Gasteiger partial charge in [0, 0.05) is 0 Å². The summed E-state index contributed by atoms with van der Waals surface area (Å²) in [5, 5.41) is 0. The molecular formula is C4H13NS. The van der Waals surface area contributed by atoms with Gasteiger partial charge >= 0.3 is 0 Å². The second kappa shape index (κ2) is 5.31. The molecular weight excluding hydrogens is 94.1 g/mol. The van der Waals surface area contributed by atoms with Gasteiger partial charge in [0.05, 0.1) is 0 Å². The Hall–Kier alpha value is 0.310. The largest absolute Gasteiger partial charge is 0.310 e. The molecule has 0 rings (SSSR count). The van der Waals surface area contributed by atoms with Crippen LogP contribution in [0.4, 0.5) is 0 Å². The van der Waals surface area contributed by atoms with Crippen molar-refractivity contribution in [1.82, 2.24) is 4.90 Å². The number of nitrogens with zero attached hydrogens (tertiary/aromatic N) is 1. The van der Waals surface area contributed by atoms with Crippen molar-refractivity contribution < 1.29 is 0 Å². The zero-order valence-corrected chi connectivity index (χ0v) is 5.65. The Morgan fingerprint density at radius 2 is 1.50 bits per heavy atom. The molecule has 0 saturated heterocycles. The van der Waals surface area contributed by atoms with Crippen LogP contribution >= 0.6 is 13.5 Å². The van der Waals surface area contributed by atoms with Gasteiger partial charge in [-0.15, -0.1) is 0 Å². The van der Waals surface area contributed by atoms with Crippen molar-refractivity contribution in [2.24, 2.45) is 0 Å². The van der Waals surface area contributed by atoms with Gasteiger partial charge in [-0.1, -0.05) is 6.92 Å². The Bertz CT molecular complexity index is 21.5. The minimum absolute atomic E-state index is 0. The lowest BCUT2D eigenvalue weighted by Crippen LogP contribution is -2.08. The molecule has 0 aliphatic heterocycles. The van der Waals surface area contributed by atoms with E-state index in [9.17, 15) is 0 Å². The van der Waals surface area contributed by atoms with E-state index in [0.717, 1.165) is 6.54 Å². The third-order valence-corrected chi connectivity index (χ3v) is 0.632. The molecule has 6 heavy (non-hydrogen) atoms. The first kappa shape index (κ1) is 9.58. The second-order valence-corrected chi connectivity index (χ2v) is 1.40. The molecule has 0 radical (unpaired) electrons. The monoisotopic (exact) mass is 107 g/mol. The van der Waals surface area contributed by atoms with Crippen LogP contribution in [0.3, 0.4) is 0 Å².